The number of carbonyl (C=O) groups excluding carboxylic acids is 2. The van der Waals surface area contributed by atoms with Gasteiger partial charge in [0.05, 0.1) is 0 Å². The van der Waals surface area contributed by atoms with Crippen molar-refractivity contribution in [1.29, 1.82) is 0 Å². The first-order valence-corrected chi connectivity index (χ1v) is 5.55. The summed E-state index contributed by atoms with van der Waals surface area (Å²) in [7, 11) is 0. The zero-order valence-corrected chi connectivity index (χ0v) is 8.82. The number of carbonyl (C=O) groups is 2. The fourth-order valence-corrected chi connectivity index (χ4v) is 2.18. The van der Waals surface area contributed by atoms with Crippen LogP contribution in [-0.4, -0.2) is 47.4 Å². The summed E-state index contributed by atoms with van der Waals surface area (Å²) in [6, 6.07) is -0.371. The number of hydrogen-bond donors (Lipinski definition) is 1. The second-order valence-electron chi connectivity index (χ2n) is 4.23. The molecule has 15 heavy (non-hydrogen) atoms. The summed E-state index contributed by atoms with van der Waals surface area (Å²) in [6.07, 6.45) is 4.06. The van der Waals surface area contributed by atoms with Gasteiger partial charge in [-0.3, -0.25) is 4.79 Å². The predicted octanol–water partition coefficient (Wildman–Crippen LogP) is 0.152. The Kier molecular flexibility index (Phi) is 2.79. The van der Waals surface area contributed by atoms with Crippen LogP contribution in [0.2, 0.25) is 0 Å². The van der Waals surface area contributed by atoms with Crippen LogP contribution < -0.4 is 5.73 Å². The average Bonchev–Trinajstić information content (AvgIpc) is 2.16. The highest BCUT2D eigenvalue weighted by molar-refractivity contribution is 5.87. The lowest BCUT2D eigenvalue weighted by atomic mass is 10.0. The maximum absolute atomic E-state index is 11.9. The maximum Gasteiger partial charge on any atom is 0.320 e. The van der Waals surface area contributed by atoms with E-state index in [1.165, 1.54) is 6.42 Å². The van der Waals surface area contributed by atoms with Gasteiger partial charge in [0.25, 0.3) is 0 Å². The second kappa shape index (κ2) is 4.08. The quantitative estimate of drug-likeness (QED) is 0.671. The predicted molar refractivity (Wildman–Crippen MR) is 55.1 cm³/mol. The van der Waals surface area contributed by atoms with Crippen molar-refractivity contribution < 1.29 is 9.59 Å². The lowest BCUT2D eigenvalue weighted by molar-refractivity contribution is -0.125. The van der Waals surface area contributed by atoms with Crippen molar-refractivity contribution in [1.82, 2.24) is 9.80 Å². The number of urea groups is 1. The first-order chi connectivity index (χ1) is 7.20. The van der Waals surface area contributed by atoms with Crippen LogP contribution in [0, 0.1) is 0 Å². The van der Waals surface area contributed by atoms with Gasteiger partial charge in [0, 0.05) is 19.6 Å². The maximum atomic E-state index is 11.9. The zero-order valence-electron chi connectivity index (χ0n) is 8.82. The van der Waals surface area contributed by atoms with Gasteiger partial charge in [0.1, 0.15) is 6.04 Å². The van der Waals surface area contributed by atoms with Crippen LogP contribution in [0.1, 0.15) is 25.7 Å². The first-order valence-electron chi connectivity index (χ1n) is 5.55. The molecule has 2 aliphatic heterocycles. The van der Waals surface area contributed by atoms with E-state index < -0.39 is 0 Å². The Hall–Kier alpha value is -1.26. The second-order valence-corrected chi connectivity index (χ2v) is 4.23. The van der Waals surface area contributed by atoms with Crippen LogP contribution in [0.3, 0.4) is 0 Å². The van der Waals surface area contributed by atoms with E-state index in [0.717, 1.165) is 32.4 Å². The highest BCUT2D eigenvalue weighted by atomic mass is 16.2. The molecule has 5 heteroatoms. The summed E-state index contributed by atoms with van der Waals surface area (Å²) in [5.74, 6) is -0.383. The molecule has 3 amide bonds. The molecule has 0 saturated carbocycles. The van der Waals surface area contributed by atoms with Gasteiger partial charge in [-0.15, -0.1) is 0 Å². The van der Waals surface area contributed by atoms with E-state index in [0.29, 0.717) is 6.54 Å². The first kappa shape index (κ1) is 10.3. The monoisotopic (exact) mass is 211 g/mol. The zero-order chi connectivity index (χ0) is 10.8. The molecule has 5 nitrogen and oxygen atoms in total. The van der Waals surface area contributed by atoms with E-state index >= 15 is 0 Å². The molecular weight excluding hydrogens is 194 g/mol. The van der Waals surface area contributed by atoms with Crippen molar-refractivity contribution in [3.05, 3.63) is 0 Å². The van der Waals surface area contributed by atoms with Gasteiger partial charge in [0.15, 0.2) is 0 Å². The molecule has 2 aliphatic rings. The average molecular weight is 211 g/mol. The van der Waals surface area contributed by atoms with Crippen molar-refractivity contribution >= 4 is 11.9 Å². The summed E-state index contributed by atoms with van der Waals surface area (Å²) in [6.45, 7) is 2.31. The van der Waals surface area contributed by atoms with Crippen LogP contribution in [0.5, 0.6) is 0 Å². The highest BCUT2D eigenvalue weighted by Crippen LogP contribution is 2.21. The van der Waals surface area contributed by atoms with E-state index in [1.54, 1.807) is 4.90 Å². The number of piperidine rings is 1. The molecule has 2 N–H and O–H groups in total. The van der Waals surface area contributed by atoms with Crippen LogP contribution in [0.25, 0.3) is 0 Å². The number of hydrogen-bond acceptors (Lipinski definition) is 2. The molecule has 84 valence electrons. The standard InChI is InChI=1S/C10H17N3O2/c11-9(14)8-4-7-13(8)10(15)12-5-2-1-3-6-12/h8H,1-7H2,(H2,11,14). The largest absolute Gasteiger partial charge is 0.368 e. The Morgan fingerprint density at radius 2 is 1.73 bits per heavy atom. The van der Waals surface area contributed by atoms with Crippen molar-refractivity contribution in [2.24, 2.45) is 5.73 Å². The minimum atomic E-state index is -0.383. The number of primary amides is 1. The number of nitrogens with two attached hydrogens (primary N) is 1. The number of rotatable bonds is 1. The molecule has 2 rings (SSSR count). The minimum absolute atomic E-state index is 0.00949. The molecule has 0 aromatic heterocycles. The molecule has 0 aliphatic carbocycles. The third-order valence-electron chi connectivity index (χ3n) is 3.22. The molecule has 1 atom stereocenters. The Bertz CT molecular complexity index is 274. The molecule has 0 aromatic carbocycles. The summed E-state index contributed by atoms with van der Waals surface area (Å²) in [4.78, 5) is 26.4. The molecule has 0 aromatic rings. The topological polar surface area (TPSA) is 66.6 Å². The lowest BCUT2D eigenvalue weighted by Crippen LogP contribution is -2.61. The van der Waals surface area contributed by atoms with Crippen molar-refractivity contribution in [2.45, 2.75) is 31.7 Å². The van der Waals surface area contributed by atoms with Gasteiger partial charge in [-0.1, -0.05) is 0 Å². The molecule has 0 spiro atoms. The number of nitrogens with zero attached hydrogens (tertiary/aromatic N) is 2. The number of likely N-dealkylation sites (tertiary alicyclic amines) is 2. The van der Waals surface area contributed by atoms with Crippen molar-refractivity contribution in [3.63, 3.8) is 0 Å². The SMILES string of the molecule is NC(=O)C1CCN1C(=O)N1CCCCC1. The van der Waals surface area contributed by atoms with Gasteiger partial charge in [0.2, 0.25) is 5.91 Å². The van der Waals surface area contributed by atoms with Gasteiger partial charge in [-0.2, -0.15) is 0 Å². The summed E-state index contributed by atoms with van der Waals surface area (Å²) in [5.41, 5.74) is 5.20. The molecule has 1 unspecified atom stereocenters. The van der Waals surface area contributed by atoms with Crippen LogP contribution in [-0.2, 0) is 4.79 Å². The van der Waals surface area contributed by atoms with Crippen LogP contribution in [0.15, 0.2) is 0 Å². The van der Waals surface area contributed by atoms with Crippen molar-refractivity contribution in [2.75, 3.05) is 19.6 Å². The molecular formula is C10H17N3O2. The third kappa shape index (κ3) is 1.91. The van der Waals surface area contributed by atoms with E-state index in [1.807, 2.05) is 4.90 Å². The van der Waals surface area contributed by atoms with E-state index in [2.05, 4.69) is 0 Å². The fourth-order valence-electron chi connectivity index (χ4n) is 2.18. The summed E-state index contributed by atoms with van der Waals surface area (Å²) >= 11 is 0. The van der Waals surface area contributed by atoms with Gasteiger partial charge < -0.3 is 15.5 Å². The van der Waals surface area contributed by atoms with Crippen molar-refractivity contribution in [3.8, 4) is 0 Å². The molecule has 2 saturated heterocycles. The Balaban J connectivity index is 1.92. The smallest absolute Gasteiger partial charge is 0.320 e. The minimum Gasteiger partial charge on any atom is -0.368 e. The molecule has 2 fully saturated rings. The molecule has 2 heterocycles. The molecule has 0 bridgehead atoms. The van der Waals surface area contributed by atoms with E-state index in [4.69, 9.17) is 5.73 Å². The molecule has 0 radical (unpaired) electrons. The number of amides is 3. The van der Waals surface area contributed by atoms with E-state index in [-0.39, 0.29) is 18.0 Å². The third-order valence-corrected chi connectivity index (χ3v) is 3.22. The Morgan fingerprint density at radius 1 is 1.07 bits per heavy atom. The van der Waals surface area contributed by atoms with E-state index in [9.17, 15) is 9.59 Å². The van der Waals surface area contributed by atoms with Gasteiger partial charge >= 0.3 is 6.03 Å². The summed E-state index contributed by atoms with van der Waals surface area (Å²) < 4.78 is 0. The highest BCUT2D eigenvalue weighted by Gasteiger charge is 2.38. The Labute approximate surface area is 89.2 Å². The summed E-state index contributed by atoms with van der Waals surface area (Å²) in [5, 5.41) is 0. The normalized spacial score (nSPS) is 26.0. The van der Waals surface area contributed by atoms with Crippen LogP contribution >= 0.6 is 0 Å². The van der Waals surface area contributed by atoms with Crippen LogP contribution in [0.4, 0.5) is 4.79 Å². The van der Waals surface area contributed by atoms with Gasteiger partial charge in [-0.25, -0.2) is 4.79 Å². The fraction of sp³-hybridized carbons (Fsp3) is 0.800. The lowest BCUT2D eigenvalue weighted by Gasteiger charge is -2.42. The van der Waals surface area contributed by atoms with Gasteiger partial charge in [-0.05, 0) is 25.7 Å². The Morgan fingerprint density at radius 3 is 2.20 bits per heavy atom.